The van der Waals surface area contributed by atoms with Crippen LogP contribution >= 0.6 is 0 Å². The fourth-order valence-electron chi connectivity index (χ4n) is 1.70. The third kappa shape index (κ3) is 1.63. The molecule has 0 radical (unpaired) electrons. The Morgan fingerprint density at radius 2 is 2.27 bits per heavy atom. The van der Waals surface area contributed by atoms with Crippen LogP contribution in [0.1, 0.15) is 19.8 Å². The van der Waals surface area contributed by atoms with Crippen LogP contribution in [0.15, 0.2) is 23.0 Å². The van der Waals surface area contributed by atoms with Crippen LogP contribution in [-0.4, -0.2) is 14.7 Å². The number of aromatic hydroxyl groups is 1. The molecule has 0 fully saturated rings. The zero-order valence-electron chi connectivity index (χ0n) is 8.66. The van der Waals surface area contributed by atoms with Gasteiger partial charge in [0.1, 0.15) is 11.3 Å². The van der Waals surface area contributed by atoms with E-state index >= 15 is 0 Å². The first-order valence-corrected chi connectivity index (χ1v) is 5.14. The van der Waals surface area contributed by atoms with E-state index in [2.05, 4.69) is 11.9 Å². The predicted octanol–water partition coefficient (Wildman–Crippen LogP) is 1.84. The standard InChI is InChI=1S/C11H14N2O2/c1-2-3-7-13-8-5-4-6-9(14)10(8)12-11(13)15/h4-6,14H,2-3,7H2,1H3,(H,12,15). The molecular formula is C11H14N2O2. The van der Waals surface area contributed by atoms with E-state index in [1.807, 2.05) is 6.07 Å². The zero-order valence-corrected chi connectivity index (χ0v) is 8.66. The molecule has 0 spiro atoms. The lowest BCUT2D eigenvalue weighted by Gasteiger charge is -2.01. The van der Waals surface area contributed by atoms with Crippen LogP contribution in [-0.2, 0) is 6.54 Å². The summed E-state index contributed by atoms with van der Waals surface area (Å²) in [6.07, 6.45) is 2.00. The van der Waals surface area contributed by atoms with Crippen molar-refractivity contribution in [1.29, 1.82) is 0 Å². The molecule has 80 valence electrons. The van der Waals surface area contributed by atoms with Crippen LogP contribution in [0.4, 0.5) is 0 Å². The van der Waals surface area contributed by atoms with Crippen molar-refractivity contribution in [2.24, 2.45) is 0 Å². The molecule has 0 saturated heterocycles. The fourth-order valence-corrected chi connectivity index (χ4v) is 1.70. The number of nitrogens with zero attached hydrogens (tertiary/aromatic N) is 1. The summed E-state index contributed by atoms with van der Waals surface area (Å²) in [7, 11) is 0. The van der Waals surface area contributed by atoms with Crippen molar-refractivity contribution in [3.63, 3.8) is 0 Å². The number of unbranched alkanes of at least 4 members (excludes halogenated alkanes) is 1. The van der Waals surface area contributed by atoms with Crippen LogP contribution in [0.25, 0.3) is 11.0 Å². The molecule has 4 heteroatoms. The number of phenolic OH excluding ortho intramolecular Hbond substituents is 1. The summed E-state index contributed by atoms with van der Waals surface area (Å²) >= 11 is 0. The second-order valence-corrected chi connectivity index (χ2v) is 3.61. The summed E-state index contributed by atoms with van der Waals surface area (Å²) in [6.45, 7) is 2.77. The van der Waals surface area contributed by atoms with Gasteiger partial charge in [0.25, 0.3) is 0 Å². The van der Waals surface area contributed by atoms with Crippen molar-refractivity contribution in [3.05, 3.63) is 28.7 Å². The zero-order chi connectivity index (χ0) is 10.8. The van der Waals surface area contributed by atoms with Gasteiger partial charge in [-0.15, -0.1) is 0 Å². The number of rotatable bonds is 3. The van der Waals surface area contributed by atoms with Crippen LogP contribution in [0.2, 0.25) is 0 Å². The molecule has 0 bridgehead atoms. The van der Waals surface area contributed by atoms with E-state index in [9.17, 15) is 9.90 Å². The Bertz CT molecular complexity index is 525. The monoisotopic (exact) mass is 206 g/mol. The van der Waals surface area contributed by atoms with Gasteiger partial charge in [-0.2, -0.15) is 0 Å². The van der Waals surface area contributed by atoms with E-state index < -0.39 is 0 Å². The lowest BCUT2D eigenvalue weighted by Crippen LogP contribution is -2.16. The van der Waals surface area contributed by atoms with Crippen LogP contribution in [0.5, 0.6) is 5.75 Å². The molecule has 4 nitrogen and oxygen atoms in total. The molecule has 0 aliphatic carbocycles. The molecular weight excluding hydrogens is 192 g/mol. The topological polar surface area (TPSA) is 58.0 Å². The SMILES string of the molecule is CCCCn1c(=O)[nH]c2c(O)cccc21. The van der Waals surface area contributed by atoms with Crippen molar-refractivity contribution in [2.75, 3.05) is 0 Å². The maximum atomic E-state index is 11.6. The Balaban J connectivity index is 2.58. The van der Waals surface area contributed by atoms with Gasteiger partial charge in [0.05, 0.1) is 5.52 Å². The first-order valence-electron chi connectivity index (χ1n) is 5.14. The first kappa shape index (κ1) is 9.83. The quantitative estimate of drug-likeness (QED) is 0.805. The Hall–Kier alpha value is -1.71. The second-order valence-electron chi connectivity index (χ2n) is 3.61. The first-order chi connectivity index (χ1) is 7.24. The summed E-state index contributed by atoms with van der Waals surface area (Å²) in [5.74, 6) is 0.125. The number of benzene rings is 1. The number of fused-ring (bicyclic) bond motifs is 1. The highest BCUT2D eigenvalue weighted by atomic mass is 16.3. The van der Waals surface area contributed by atoms with Gasteiger partial charge in [-0.3, -0.25) is 4.57 Å². The lowest BCUT2D eigenvalue weighted by atomic mass is 10.3. The Kier molecular flexibility index (Phi) is 2.49. The normalized spacial score (nSPS) is 11.0. The number of phenols is 1. The van der Waals surface area contributed by atoms with Crippen LogP contribution < -0.4 is 5.69 Å². The highest BCUT2D eigenvalue weighted by molar-refractivity contribution is 5.81. The maximum absolute atomic E-state index is 11.6. The lowest BCUT2D eigenvalue weighted by molar-refractivity contribution is 0.480. The van der Waals surface area contributed by atoms with Crippen LogP contribution in [0, 0.1) is 0 Å². The van der Waals surface area contributed by atoms with Crippen LogP contribution in [0.3, 0.4) is 0 Å². The number of para-hydroxylation sites is 1. The van der Waals surface area contributed by atoms with Gasteiger partial charge in [-0.05, 0) is 18.6 Å². The van der Waals surface area contributed by atoms with E-state index in [4.69, 9.17) is 0 Å². The molecule has 0 unspecified atom stereocenters. The minimum absolute atomic E-state index is 0.125. The molecule has 1 aromatic heterocycles. The maximum Gasteiger partial charge on any atom is 0.326 e. The van der Waals surface area contributed by atoms with Gasteiger partial charge in [-0.25, -0.2) is 4.79 Å². The Morgan fingerprint density at radius 3 is 3.00 bits per heavy atom. The molecule has 0 aliphatic heterocycles. The van der Waals surface area contributed by atoms with Crippen molar-refractivity contribution >= 4 is 11.0 Å². The van der Waals surface area contributed by atoms with Gasteiger partial charge in [-0.1, -0.05) is 19.4 Å². The Morgan fingerprint density at radius 1 is 1.47 bits per heavy atom. The van der Waals surface area contributed by atoms with Crippen molar-refractivity contribution < 1.29 is 5.11 Å². The molecule has 1 heterocycles. The summed E-state index contributed by atoms with van der Waals surface area (Å²) in [5, 5.41) is 9.55. The van der Waals surface area contributed by atoms with Gasteiger partial charge in [0, 0.05) is 6.54 Å². The highest BCUT2D eigenvalue weighted by Gasteiger charge is 2.08. The molecule has 0 atom stereocenters. The van der Waals surface area contributed by atoms with Crippen molar-refractivity contribution in [2.45, 2.75) is 26.3 Å². The summed E-state index contributed by atoms with van der Waals surface area (Å²) < 4.78 is 1.67. The molecule has 2 aromatic rings. The number of aromatic nitrogens is 2. The van der Waals surface area contributed by atoms with E-state index in [1.165, 1.54) is 0 Å². The molecule has 0 amide bonds. The predicted molar refractivity (Wildman–Crippen MR) is 59.1 cm³/mol. The summed E-state index contributed by atoms with van der Waals surface area (Å²) in [4.78, 5) is 14.3. The van der Waals surface area contributed by atoms with E-state index in [1.54, 1.807) is 16.7 Å². The second kappa shape index (κ2) is 3.81. The van der Waals surface area contributed by atoms with E-state index in [0.717, 1.165) is 18.4 Å². The minimum Gasteiger partial charge on any atom is -0.506 e. The average Bonchev–Trinajstić information content (AvgIpc) is 2.54. The van der Waals surface area contributed by atoms with E-state index in [0.29, 0.717) is 12.1 Å². The number of hydrogen-bond donors (Lipinski definition) is 2. The molecule has 2 rings (SSSR count). The number of hydrogen-bond acceptors (Lipinski definition) is 2. The molecule has 1 aromatic carbocycles. The van der Waals surface area contributed by atoms with Gasteiger partial charge >= 0.3 is 5.69 Å². The molecule has 0 saturated carbocycles. The van der Waals surface area contributed by atoms with Gasteiger partial charge < -0.3 is 10.1 Å². The number of aryl methyl sites for hydroxylation is 1. The van der Waals surface area contributed by atoms with Gasteiger partial charge in [0.2, 0.25) is 0 Å². The average molecular weight is 206 g/mol. The number of nitrogens with one attached hydrogen (secondary N) is 1. The summed E-state index contributed by atoms with van der Waals surface area (Å²) in [5.41, 5.74) is 1.15. The molecule has 2 N–H and O–H groups in total. The van der Waals surface area contributed by atoms with E-state index in [-0.39, 0.29) is 11.4 Å². The molecule has 15 heavy (non-hydrogen) atoms. The number of H-pyrrole nitrogens is 1. The smallest absolute Gasteiger partial charge is 0.326 e. The Labute approximate surface area is 87.2 Å². The third-order valence-corrected chi connectivity index (χ3v) is 2.52. The number of imidazole rings is 1. The fraction of sp³-hybridized carbons (Fsp3) is 0.364. The highest BCUT2D eigenvalue weighted by Crippen LogP contribution is 2.20. The van der Waals surface area contributed by atoms with Crippen molar-refractivity contribution in [3.8, 4) is 5.75 Å². The molecule has 0 aliphatic rings. The number of aromatic amines is 1. The minimum atomic E-state index is -0.153. The third-order valence-electron chi connectivity index (χ3n) is 2.52. The van der Waals surface area contributed by atoms with Gasteiger partial charge in [0.15, 0.2) is 0 Å². The van der Waals surface area contributed by atoms with Crippen molar-refractivity contribution in [1.82, 2.24) is 9.55 Å². The summed E-state index contributed by atoms with van der Waals surface area (Å²) in [6, 6.07) is 5.15. The largest absolute Gasteiger partial charge is 0.506 e.